The van der Waals surface area contributed by atoms with Gasteiger partial charge in [0.1, 0.15) is 12.4 Å². The molecule has 4 saturated carbocycles. The minimum absolute atomic E-state index is 0.0259. The molecule has 1 saturated heterocycles. The highest BCUT2D eigenvalue weighted by Gasteiger charge is 2.56. The van der Waals surface area contributed by atoms with Crippen molar-refractivity contribution in [2.24, 2.45) is 17.8 Å². The molecule has 13 heteroatoms. The number of rotatable bonds is 7. The molecule has 1 aromatic heterocycles. The molecular formula is C27H37F3N6O4. The molecule has 0 spiro atoms. The van der Waals surface area contributed by atoms with Crippen molar-refractivity contribution in [3.63, 3.8) is 0 Å². The summed E-state index contributed by atoms with van der Waals surface area (Å²) in [6.07, 6.45) is 0.820. The Balaban J connectivity index is 1.16. The second kappa shape index (κ2) is 10.4. The average molecular weight is 567 g/mol. The van der Waals surface area contributed by atoms with E-state index in [0.717, 1.165) is 44.4 Å². The van der Waals surface area contributed by atoms with Gasteiger partial charge in [-0.05, 0) is 75.8 Å². The fourth-order valence-electron chi connectivity index (χ4n) is 7.56. The van der Waals surface area contributed by atoms with E-state index in [1.165, 1.54) is 6.07 Å². The molecule has 5 aliphatic rings. The maximum atomic E-state index is 13.6. The van der Waals surface area contributed by atoms with Gasteiger partial charge in [0.25, 0.3) is 0 Å². The van der Waals surface area contributed by atoms with E-state index in [9.17, 15) is 27.6 Å². The van der Waals surface area contributed by atoms with Crippen molar-refractivity contribution in [2.45, 2.75) is 69.2 Å². The van der Waals surface area contributed by atoms with Gasteiger partial charge in [0.15, 0.2) is 0 Å². The SMILES string of the molecule is CC(C)(C(=O)NC1C2CC3CC1CC(NC(=O)NCC(=O)O)(C3)C2)N1CCN(c2ccc(C(F)(F)F)cn2)CC1. The molecule has 5 fully saturated rings. The van der Waals surface area contributed by atoms with Gasteiger partial charge in [-0.15, -0.1) is 0 Å². The number of amides is 3. The van der Waals surface area contributed by atoms with E-state index in [4.69, 9.17) is 5.11 Å². The van der Waals surface area contributed by atoms with Crippen LogP contribution in [0.3, 0.4) is 0 Å². The summed E-state index contributed by atoms with van der Waals surface area (Å²) in [5.41, 5.74) is -1.92. The first-order valence-corrected chi connectivity index (χ1v) is 13.9. The lowest BCUT2D eigenvalue weighted by molar-refractivity contribution is -0.138. The number of hydrogen-bond donors (Lipinski definition) is 4. The summed E-state index contributed by atoms with van der Waals surface area (Å²) < 4.78 is 38.6. The highest BCUT2D eigenvalue weighted by Crippen LogP contribution is 2.55. The van der Waals surface area contributed by atoms with E-state index in [1.807, 2.05) is 18.7 Å². The van der Waals surface area contributed by atoms with E-state index in [-0.39, 0.29) is 29.3 Å². The number of pyridine rings is 1. The summed E-state index contributed by atoms with van der Waals surface area (Å²) in [7, 11) is 0. The van der Waals surface area contributed by atoms with Crippen molar-refractivity contribution in [3.8, 4) is 0 Å². The minimum atomic E-state index is -4.42. The third kappa shape index (κ3) is 5.70. The Labute approximate surface area is 231 Å². The Bertz CT molecular complexity index is 1120. The number of carboxylic acids is 1. The van der Waals surface area contributed by atoms with Gasteiger partial charge >= 0.3 is 18.2 Å². The summed E-state index contributed by atoms with van der Waals surface area (Å²) >= 11 is 0. The number of aliphatic carboxylic acids is 1. The normalized spacial score (nSPS) is 30.2. The molecule has 1 aromatic rings. The maximum absolute atomic E-state index is 13.6. The maximum Gasteiger partial charge on any atom is 0.417 e. The first-order chi connectivity index (χ1) is 18.8. The van der Waals surface area contributed by atoms with Gasteiger partial charge in [-0.1, -0.05) is 0 Å². The standard InChI is InChI=1S/C27H37F3N6O4/c1-25(2,36-7-5-35(6-8-36)20-4-3-19(14-31-20)27(28,29)30)23(39)33-22-17-9-16-10-18(22)13-26(11-16,12-17)34-24(40)32-15-21(37)38/h3-4,14,16-18,22H,5-13,15H2,1-2H3,(H,33,39)(H,37,38)(H2,32,34,40). The van der Waals surface area contributed by atoms with Gasteiger partial charge in [-0.2, -0.15) is 13.2 Å². The number of aromatic nitrogens is 1. The number of halogens is 3. The van der Waals surface area contributed by atoms with Crippen LogP contribution < -0.4 is 20.9 Å². The monoisotopic (exact) mass is 566 g/mol. The smallest absolute Gasteiger partial charge is 0.417 e. The molecule has 0 radical (unpaired) electrons. The van der Waals surface area contributed by atoms with Gasteiger partial charge in [0, 0.05) is 44.0 Å². The zero-order valence-corrected chi connectivity index (χ0v) is 22.8. The molecule has 0 aromatic carbocycles. The van der Waals surface area contributed by atoms with Crippen LogP contribution in [0.15, 0.2) is 18.3 Å². The summed E-state index contributed by atoms with van der Waals surface area (Å²) in [4.78, 5) is 44.8. The van der Waals surface area contributed by atoms with E-state index in [1.54, 1.807) is 0 Å². The molecule has 10 nitrogen and oxygen atoms in total. The Kier molecular flexibility index (Phi) is 7.38. The molecule has 4 aliphatic carbocycles. The number of anilines is 1. The first-order valence-electron chi connectivity index (χ1n) is 13.9. The van der Waals surface area contributed by atoms with Crippen LogP contribution in [0.25, 0.3) is 0 Å². The van der Waals surface area contributed by atoms with Gasteiger partial charge in [-0.25, -0.2) is 9.78 Å². The number of urea groups is 1. The van der Waals surface area contributed by atoms with Crippen LogP contribution in [0.1, 0.15) is 51.5 Å². The van der Waals surface area contributed by atoms with Crippen molar-refractivity contribution in [2.75, 3.05) is 37.6 Å². The van der Waals surface area contributed by atoms with Crippen LogP contribution in [-0.4, -0.2) is 82.7 Å². The van der Waals surface area contributed by atoms with Crippen molar-refractivity contribution in [1.29, 1.82) is 0 Å². The summed E-state index contributed by atoms with van der Waals surface area (Å²) in [5.74, 6) is 0.311. The molecule has 220 valence electrons. The molecular weight excluding hydrogens is 529 g/mol. The van der Waals surface area contributed by atoms with Crippen LogP contribution in [0.2, 0.25) is 0 Å². The fraction of sp³-hybridized carbons (Fsp3) is 0.704. The molecule has 3 amide bonds. The van der Waals surface area contributed by atoms with Gasteiger partial charge in [0.2, 0.25) is 5.91 Å². The van der Waals surface area contributed by atoms with Crippen molar-refractivity contribution >= 4 is 23.7 Å². The molecule has 2 heterocycles. The lowest BCUT2D eigenvalue weighted by atomic mass is 9.51. The molecule has 2 atom stereocenters. The van der Waals surface area contributed by atoms with Crippen LogP contribution >= 0.6 is 0 Å². The minimum Gasteiger partial charge on any atom is -0.480 e. The van der Waals surface area contributed by atoms with E-state index >= 15 is 0 Å². The molecule has 4 bridgehead atoms. The fourth-order valence-corrected chi connectivity index (χ4v) is 7.56. The number of hydrogen-bond acceptors (Lipinski definition) is 6. The van der Waals surface area contributed by atoms with Crippen LogP contribution in [0.4, 0.5) is 23.8 Å². The van der Waals surface area contributed by atoms with Gasteiger partial charge in [0.05, 0.1) is 11.1 Å². The number of nitrogens with one attached hydrogen (secondary N) is 3. The first kappa shape index (κ1) is 28.4. The summed E-state index contributed by atoms with van der Waals surface area (Å²) in [6.45, 7) is 5.61. The molecule has 40 heavy (non-hydrogen) atoms. The Morgan fingerprint density at radius 3 is 2.25 bits per heavy atom. The Morgan fingerprint density at radius 1 is 1.05 bits per heavy atom. The third-order valence-electron chi connectivity index (χ3n) is 9.37. The predicted molar refractivity (Wildman–Crippen MR) is 139 cm³/mol. The van der Waals surface area contributed by atoms with Crippen LogP contribution in [0, 0.1) is 17.8 Å². The second-order valence-corrected chi connectivity index (χ2v) is 12.4. The van der Waals surface area contributed by atoms with E-state index in [0.29, 0.717) is 37.9 Å². The number of nitrogens with zero attached hydrogens (tertiary/aromatic N) is 3. The molecule has 4 N–H and O–H groups in total. The quantitative estimate of drug-likeness (QED) is 0.399. The highest BCUT2D eigenvalue weighted by atomic mass is 19.4. The van der Waals surface area contributed by atoms with Crippen molar-refractivity contribution in [3.05, 3.63) is 23.9 Å². The van der Waals surface area contributed by atoms with Crippen LogP contribution in [-0.2, 0) is 15.8 Å². The second-order valence-electron chi connectivity index (χ2n) is 12.4. The van der Waals surface area contributed by atoms with Crippen molar-refractivity contribution < 1.29 is 32.7 Å². The highest BCUT2D eigenvalue weighted by molar-refractivity contribution is 5.86. The molecule has 6 rings (SSSR count). The largest absolute Gasteiger partial charge is 0.480 e. The summed E-state index contributed by atoms with van der Waals surface area (Å²) in [6, 6.07) is 1.99. The predicted octanol–water partition coefficient (Wildman–Crippen LogP) is 2.45. The zero-order valence-electron chi connectivity index (χ0n) is 22.8. The van der Waals surface area contributed by atoms with Gasteiger partial charge < -0.3 is 26.0 Å². The number of alkyl halides is 3. The lowest BCUT2D eigenvalue weighted by Gasteiger charge is -2.60. The summed E-state index contributed by atoms with van der Waals surface area (Å²) in [5, 5.41) is 17.7. The third-order valence-corrected chi connectivity index (χ3v) is 9.37. The number of carbonyl (C=O) groups is 3. The Hall–Kier alpha value is -3.09. The van der Waals surface area contributed by atoms with E-state index < -0.39 is 35.8 Å². The van der Waals surface area contributed by atoms with Crippen LogP contribution in [0.5, 0.6) is 0 Å². The molecule has 2 unspecified atom stereocenters. The van der Waals surface area contributed by atoms with Crippen molar-refractivity contribution in [1.82, 2.24) is 25.8 Å². The Morgan fingerprint density at radius 2 is 1.70 bits per heavy atom. The molecule has 1 aliphatic heterocycles. The topological polar surface area (TPSA) is 127 Å². The zero-order chi connectivity index (χ0) is 28.9. The average Bonchev–Trinajstić information content (AvgIpc) is 2.88. The number of piperazine rings is 1. The van der Waals surface area contributed by atoms with Gasteiger partial charge in [-0.3, -0.25) is 14.5 Å². The lowest BCUT2D eigenvalue weighted by Crippen LogP contribution is -2.69. The number of carbonyl (C=O) groups excluding carboxylic acids is 2. The van der Waals surface area contributed by atoms with E-state index in [2.05, 4.69) is 25.8 Å². The number of carboxylic acid groups (broad SMARTS) is 1.